The number of rotatable bonds is 0. The number of aliphatic imine (C=N–C) groups is 1. The molecule has 1 heteroatoms. The van der Waals surface area contributed by atoms with Crippen LogP contribution in [0.1, 0.15) is 41.0 Å². The van der Waals surface area contributed by atoms with Crippen LogP contribution in [0.4, 0.5) is 0 Å². The Morgan fingerprint density at radius 2 is 1.20 bits per heavy atom. The summed E-state index contributed by atoms with van der Waals surface area (Å²) in [6, 6.07) is 0. The van der Waals surface area contributed by atoms with Crippen molar-refractivity contribution >= 4 is 6.72 Å². The Labute approximate surface area is 66.6 Å². The van der Waals surface area contributed by atoms with Gasteiger partial charge in [-0.15, -0.1) is 0 Å². The van der Waals surface area contributed by atoms with Gasteiger partial charge < -0.3 is 4.99 Å². The van der Waals surface area contributed by atoms with Gasteiger partial charge in [-0.3, -0.25) is 0 Å². The molecule has 0 radical (unpaired) electrons. The largest absolute Gasteiger partial charge is 0.304 e. The van der Waals surface area contributed by atoms with E-state index in [4.69, 9.17) is 0 Å². The minimum absolute atomic E-state index is 0.833. The van der Waals surface area contributed by atoms with E-state index in [1.807, 2.05) is 0 Å². The first kappa shape index (κ1) is 16.3. The van der Waals surface area contributed by atoms with Crippen molar-refractivity contribution in [3.05, 3.63) is 0 Å². The van der Waals surface area contributed by atoms with Gasteiger partial charge in [0.25, 0.3) is 0 Å². The molecule has 1 nitrogen and oxygen atoms in total. The smallest absolute Gasteiger partial charge is 0.0269 e. The molecule has 0 unspecified atom stereocenters. The molecule has 0 aliphatic heterocycles. The molecular weight excluding hydrogens is 122 g/mol. The lowest BCUT2D eigenvalue weighted by molar-refractivity contribution is 0.737. The minimum Gasteiger partial charge on any atom is -0.304 e. The highest BCUT2D eigenvalue weighted by molar-refractivity contribution is 5.22. The molecule has 0 rings (SSSR count). The summed E-state index contributed by atoms with van der Waals surface area (Å²) in [5, 5.41) is 0. The van der Waals surface area contributed by atoms with Crippen LogP contribution >= 0.6 is 0 Å². The average Bonchev–Trinajstić information content (AvgIpc) is 1.65. The molecular formula is C9H23N. The fourth-order valence-electron chi connectivity index (χ4n) is 0. The summed E-state index contributed by atoms with van der Waals surface area (Å²) in [5.41, 5.74) is 0. The second-order valence-electron chi connectivity index (χ2n) is 2.76. The van der Waals surface area contributed by atoms with Gasteiger partial charge in [0.05, 0.1) is 0 Å². The third kappa shape index (κ3) is 3130. The van der Waals surface area contributed by atoms with Crippen LogP contribution in [-0.4, -0.2) is 13.8 Å². The Balaban J connectivity index is -0.0000000750. The first-order valence-electron chi connectivity index (χ1n) is 3.91. The Morgan fingerprint density at radius 3 is 1.20 bits per heavy atom. The van der Waals surface area contributed by atoms with Crippen molar-refractivity contribution in [2.75, 3.05) is 7.05 Å². The third-order valence-electron chi connectivity index (χ3n) is 0. The van der Waals surface area contributed by atoms with Crippen molar-refractivity contribution in [3.8, 4) is 0 Å². The topological polar surface area (TPSA) is 12.4 Å². The van der Waals surface area contributed by atoms with Crippen molar-refractivity contribution < 1.29 is 0 Å². The lowest BCUT2D eigenvalue weighted by atomic mass is 10.3. The summed E-state index contributed by atoms with van der Waals surface area (Å²) < 4.78 is 0. The molecule has 0 aromatic carbocycles. The van der Waals surface area contributed by atoms with Gasteiger partial charge in [-0.1, -0.05) is 41.0 Å². The van der Waals surface area contributed by atoms with Crippen LogP contribution in [0.25, 0.3) is 0 Å². The van der Waals surface area contributed by atoms with E-state index in [0.29, 0.717) is 0 Å². The summed E-state index contributed by atoms with van der Waals surface area (Å²) in [6.07, 6.45) is 1.25. The zero-order valence-corrected chi connectivity index (χ0v) is 8.44. The van der Waals surface area contributed by atoms with Gasteiger partial charge in [-0.25, -0.2) is 0 Å². The first-order chi connectivity index (χ1) is 4.56. The van der Waals surface area contributed by atoms with Crippen LogP contribution in [0.3, 0.4) is 0 Å². The Bertz CT molecular complexity index is 37.2. The normalized spacial score (nSPS) is 6.70. The van der Waals surface area contributed by atoms with E-state index in [2.05, 4.69) is 46.3 Å². The molecule has 0 aliphatic carbocycles. The summed E-state index contributed by atoms with van der Waals surface area (Å²) in [4.78, 5) is 3.25. The van der Waals surface area contributed by atoms with Gasteiger partial charge in [0.2, 0.25) is 0 Å². The highest BCUT2D eigenvalue weighted by Gasteiger charge is 1.68. The second kappa shape index (κ2) is 23.4. The summed E-state index contributed by atoms with van der Waals surface area (Å²) in [5.74, 6) is 0.833. The van der Waals surface area contributed by atoms with E-state index >= 15 is 0 Å². The maximum atomic E-state index is 3.25. The summed E-state index contributed by atoms with van der Waals surface area (Å²) in [6.45, 7) is 13.9. The monoisotopic (exact) mass is 145 g/mol. The molecule has 0 aliphatic rings. The Kier molecular flexibility index (Phi) is 38.2. The molecule has 64 valence electrons. The van der Waals surface area contributed by atoms with Gasteiger partial charge in [0.1, 0.15) is 0 Å². The van der Waals surface area contributed by atoms with Crippen molar-refractivity contribution in [3.63, 3.8) is 0 Å². The van der Waals surface area contributed by atoms with Crippen LogP contribution < -0.4 is 0 Å². The average molecular weight is 145 g/mol. The number of hydrogen-bond acceptors (Lipinski definition) is 1. The molecule has 0 amide bonds. The zero-order chi connectivity index (χ0) is 8.99. The van der Waals surface area contributed by atoms with E-state index in [-0.39, 0.29) is 0 Å². The van der Waals surface area contributed by atoms with E-state index in [9.17, 15) is 0 Å². The molecule has 10 heavy (non-hydrogen) atoms. The lowest BCUT2D eigenvalue weighted by Gasteiger charge is -1.79. The quantitative estimate of drug-likeness (QED) is 0.463. The van der Waals surface area contributed by atoms with Crippen LogP contribution in [0.5, 0.6) is 0 Å². The van der Waals surface area contributed by atoms with Gasteiger partial charge in [0, 0.05) is 7.05 Å². The minimum atomic E-state index is 0.833. The van der Waals surface area contributed by atoms with Crippen LogP contribution in [0, 0.1) is 5.92 Å². The van der Waals surface area contributed by atoms with Crippen molar-refractivity contribution in [2.24, 2.45) is 10.9 Å². The van der Waals surface area contributed by atoms with Gasteiger partial charge in [-0.05, 0) is 12.6 Å². The fourth-order valence-corrected chi connectivity index (χ4v) is 0. The first-order valence-corrected chi connectivity index (χ1v) is 3.91. The number of nitrogens with zero attached hydrogens (tertiary/aromatic N) is 1. The summed E-state index contributed by atoms with van der Waals surface area (Å²) in [7, 11) is 1.64. The highest BCUT2D eigenvalue weighted by Crippen LogP contribution is 1.81. The Hall–Kier alpha value is -0.330. The lowest BCUT2D eigenvalue weighted by Crippen LogP contribution is -1.66. The van der Waals surface area contributed by atoms with Gasteiger partial charge in [0.15, 0.2) is 0 Å². The molecule has 0 saturated heterocycles. The van der Waals surface area contributed by atoms with Crippen LogP contribution in [-0.2, 0) is 0 Å². The van der Waals surface area contributed by atoms with Gasteiger partial charge in [-0.2, -0.15) is 0 Å². The molecule has 0 fully saturated rings. The van der Waals surface area contributed by atoms with Crippen molar-refractivity contribution in [1.29, 1.82) is 0 Å². The maximum absolute atomic E-state index is 3.25. The molecule has 0 bridgehead atoms. The van der Waals surface area contributed by atoms with E-state index in [1.165, 1.54) is 6.42 Å². The SMILES string of the molecule is C=NC.CC(C)C.CCC. The van der Waals surface area contributed by atoms with Crippen LogP contribution in [0.15, 0.2) is 4.99 Å². The van der Waals surface area contributed by atoms with E-state index in [0.717, 1.165) is 5.92 Å². The Morgan fingerprint density at radius 1 is 1.20 bits per heavy atom. The second-order valence-corrected chi connectivity index (χ2v) is 2.76. The summed E-state index contributed by atoms with van der Waals surface area (Å²) >= 11 is 0. The predicted octanol–water partition coefficient (Wildman–Crippen LogP) is 3.40. The fraction of sp³-hybridized carbons (Fsp3) is 0.889. The molecule has 0 aromatic rings. The molecule has 0 spiro atoms. The van der Waals surface area contributed by atoms with Crippen LogP contribution in [0.2, 0.25) is 0 Å². The molecule has 0 aromatic heterocycles. The molecule has 0 atom stereocenters. The molecule has 0 heterocycles. The van der Waals surface area contributed by atoms with Gasteiger partial charge >= 0.3 is 0 Å². The van der Waals surface area contributed by atoms with E-state index < -0.39 is 0 Å². The van der Waals surface area contributed by atoms with Crippen molar-refractivity contribution in [2.45, 2.75) is 41.0 Å². The third-order valence-corrected chi connectivity index (χ3v) is 0. The number of hydrogen-bond donors (Lipinski definition) is 0. The van der Waals surface area contributed by atoms with E-state index in [1.54, 1.807) is 7.05 Å². The standard InChI is InChI=1S/C4H10.C3H8.C2H5N/c1-4(2)3;2*1-3-2/h4H,1-3H3;3H2,1-2H3;1H2,2H3. The maximum Gasteiger partial charge on any atom is 0.0269 e. The zero-order valence-electron chi connectivity index (χ0n) is 8.44. The van der Waals surface area contributed by atoms with Crippen molar-refractivity contribution in [1.82, 2.24) is 0 Å². The molecule has 0 saturated carbocycles. The highest BCUT2D eigenvalue weighted by atomic mass is 14.6. The predicted molar refractivity (Wildman–Crippen MR) is 52.0 cm³/mol. The molecule has 0 N–H and O–H groups in total.